The maximum absolute atomic E-state index is 12.6. The first-order valence-electron chi connectivity index (χ1n) is 3.87. The molecule has 0 N–H and O–H groups in total. The maximum Gasteiger partial charge on any atom is 0.433 e. The normalized spacial score (nSPS) is 12.2. The SMILES string of the molecule is FC(F)c1c(I)cnc(C(F)(F)F)c1CBr. The summed E-state index contributed by atoms with van der Waals surface area (Å²) in [6.07, 6.45) is -6.88. The van der Waals surface area contributed by atoms with Crippen LogP contribution in [0.1, 0.15) is 23.2 Å². The van der Waals surface area contributed by atoms with Gasteiger partial charge in [0.25, 0.3) is 6.43 Å². The molecule has 0 radical (unpaired) electrons. The molecule has 0 aliphatic heterocycles. The van der Waals surface area contributed by atoms with Crippen LogP contribution in [0.15, 0.2) is 6.20 Å². The highest BCUT2D eigenvalue weighted by atomic mass is 127. The van der Waals surface area contributed by atoms with Crippen LogP contribution in [0.3, 0.4) is 0 Å². The average molecular weight is 416 g/mol. The number of alkyl halides is 6. The minimum absolute atomic E-state index is 0.0232. The molecule has 8 heteroatoms. The van der Waals surface area contributed by atoms with Crippen LogP contribution < -0.4 is 0 Å². The van der Waals surface area contributed by atoms with Crippen LogP contribution in [0.2, 0.25) is 0 Å². The number of hydrogen-bond donors (Lipinski definition) is 0. The summed E-state index contributed by atoms with van der Waals surface area (Å²) >= 11 is 4.32. The highest BCUT2D eigenvalue weighted by molar-refractivity contribution is 14.1. The highest BCUT2D eigenvalue weighted by Crippen LogP contribution is 2.37. The van der Waals surface area contributed by atoms with Gasteiger partial charge >= 0.3 is 6.18 Å². The van der Waals surface area contributed by atoms with Crippen molar-refractivity contribution in [3.63, 3.8) is 0 Å². The number of hydrogen-bond acceptors (Lipinski definition) is 1. The van der Waals surface area contributed by atoms with Crippen LogP contribution in [-0.2, 0) is 11.5 Å². The molecule has 0 fully saturated rings. The molecule has 90 valence electrons. The van der Waals surface area contributed by atoms with Gasteiger partial charge in [0.2, 0.25) is 0 Å². The lowest BCUT2D eigenvalue weighted by Crippen LogP contribution is -2.14. The Balaban J connectivity index is 3.49. The molecule has 0 unspecified atom stereocenters. The zero-order chi connectivity index (χ0) is 12.5. The van der Waals surface area contributed by atoms with E-state index in [1.165, 1.54) is 22.6 Å². The van der Waals surface area contributed by atoms with E-state index in [1.54, 1.807) is 0 Å². The average Bonchev–Trinajstić information content (AvgIpc) is 2.14. The predicted octanol–water partition coefficient (Wildman–Crippen LogP) is 4.54. The van der Waals surface area contributed by atoms with E-state index in [0.717, 1.165) is 6.20 Å². The molecule has 0 spiro atoms. The van der Waals surface area contributed by atoms with Gasteiger partial charge in [-0.25, -0.2) is 8.78 Å². The smallest absolute Gasteiger partial charge is 0.250 e. The number of nitrogens with zero attached hydrogens (tertiary/aromatic N) is 1. The van der Waals surface area contributed by atoms with E-state index in [4.69, 9.17) is 0 Å². The Morgan fingerprint density at radius 3 is 2.31 bits per heavy atom. The van der Waals surface area contributed by atoms with E-state index in [-0.39, 0.29) is 8.90 Å². The van der Waals surface area contributed by atoms with E-state index in [1.807, 2.05) is 0 Å². The van der Waals surface area contributed by atoms with Crippen LogP contribution in [-0.4, -0.2) is 4.98 Å². The van der Waals surface area contributed by atoms with Crippen molar-refractivity contribution in [3.05, 3.63) is 26.6 Å². The molecule has 0 aromatic carbocycles. The summed E-state index contributed by atoms with van der Waals surface area (Å²) < 4.78 is 62.7. The van der Waals surface area contributed by atoms with Crippen molar-refractivity contribution in [1.29, 1.82) is 0 Å². The molecule has 1 nitrogen and oxygen atoms in total. The molecule has 1 heterocycles. The van der Waals surface area contributed by atoms with Crippen molar-refractivity contribution in [2.75, 3.05) is 0 Å². The van der Waals surface area contributed by atoms with Crippen molar-refractivity contribution < 1.29 is 22.0 Å². The molecule has 0 bridgehead atoms. The van der Waals surface area contributed by atoms with E-state index in [0.29, 0.717) is 0 Å². The molecule has 1 rings (SSSR count). The molecule has 16 heavy (non-hydrogen) atoms. The van der Waals surface area contributed by atoms with E-state index in [9.17, 15) is 22.0 Å². The zero-order valence-corrected chi connectivity index (χ0v) is 11.2. The summed E-state index contributed by atoms with van der Waals surface area (Å²) in [5.74, 6) is 0. The minimum Gasteiger partial charge on any atom is -0.250 e. The van der Waals surface area contributed by atoms with Crippen molar-refractivity contribution in [2.45, 2.75) is 17.9 Å². The lowest BCUT2D eigenvalue weighted by atomic mass is 10.1. The van der Waals surface area contributed by atoms with Gasteiger partial charge in [-0.3, -0.25) is 4.98 Å². The van der Waals surface area contributed by atoms with Gasteiger partial charge in [0.1, 0.15) is 5.69 Å². The van der Waals surface area contributed by atoms with Crippen molar-refractivity contribution in [1.82, 2.24) is 4.98 Å². The summed E-state index contributed by atoms with van der Waals surface area (Å²) in [6.45, 7) is 0. The van der Waals surface area contributed by atoms with Gasteiger partial charge < -0.3 is 0 Å². The van der Waals surface area contributed by atoms with Crippen LogP contribution in [0.5, 0.6) is 0 Å². The molecule has 0 aliphatic carbocycles. The fourth-order valence-electron chi connectivity index (χ4n) is 1.16. The first kappa shape index (κ1) is 14.1. The van der Waals surface area contributed by atoms with Gasteiger partial charge in [-0.05, 0) is 22.6 Å². The molecule has 1 aromatic heterocycles. The predicted molar refractivity (Wildman–Crippen MR) is 59.5 cm³/mol. The molecule has 0 atom stereocenters. The third kappa shape index (κ3) is 2.82. The van der Waals surface area contributed by atoms with Crippen molar-refractivity contribution in [3.8, 4) is 0 Å². The number of pyridine rings is 1. The van der Waals surface area contributed by atoms with E-state index in [2.05, 4.69) is 20.9 Å². The minimum atomic E-state index is -4.73. The highest BCUT2D eigenvalue weighted by Gasteiger charge is 2.37. The standard InChI is InChI=1S/C8H4BrF5IN/c9-1-3-5(7(10)11)4(15)2-16-6(3)8(12,13)14/h2,7H,1H2. The first-order valence-corrected chi connectivity index (χ1v) is 6.07. The first-order chi connectivity index (χ1) is 7.29. The molecule has 0 saturated heterocycles. The summed E-state index contributed by atoms with van der Waals surface area (Å²) in [6, 6.07) is 0. The molecule has 0 aliphatic rings. The molecule has 0 saturated carbocycles. The topological polar surface area (TPSA) is 12.9 Å². The number of halogens is 7. The van der Waals surface area contributed by atoms with E-state index >= 15 is 0 Å². The monoisotopic (exact) mass is 415 g/mol. The largest absolute Gasteiger partial charge is 0.433 e. The van der Waals surface area contributed by atoms with Gasteiger partial charge in [-0.1, -0.05) is 15.9 Å². The lowest BCUT2D eigenvalue weighted by molar-refractivity contribution is -0.141. The third-order valence-electron chi connectivity index (χ3n) is 1.80. The summed E-state index contributed by atoms with van der Waals surface area (Å²) in [5.41, 5.74) is -2.38. The van der Waals surface area contributed by atoms with Gasteiger partial charge in [0, 0.05) is 26.2 Å². The summed E-state index contributed by atoms with van der Waals surface area (Å²) in [5, 5.41) is -0.314. The molecule has 1 aromatic rings. The van der Waals surface area contributed by atoms with Crippen LogP contribution >= 0.6 is 38.5 Å². The Bertz CT molecular complexity index is 393. The Morgan fingerprint density at radius 1 is 1.38 bits per heavy atom. The number of aromatic nitrogens is 1. The zero-order valence-electron chi connectivity index (χ0n) is 7.45. The molecular formula is C8H4BrF5IN. The Morgan fingerprint density at radius 2 is 1.94 bits per heavy atom. The summed E-state index contributed by atoms with van der Waals surface area (Å²) in [7, 11) is 0. The Kier molecular flexibility index (Phi) is 4.49. The van der Waals surface area contributed by atoms with Crippen molar-refractivity contribution >= 4 is 38.5 Å². The van der Waals surface area contributed by atoms with E-state index < -0.39 is 29.4 Å². The third-order valence-corrected chi connectivity index (χ3v) is 3.22. The fourth-order valence-corrected chi connectivity index (χ4v) is 2.42. The second kappa shape index (κ2) is 5.11. The van der Waals surface area contributed by atoms with Gasteiger partial charge in [-0.15, -0.1) is 0 Å². The molecular weight excluding hydrogens is 412 g/mol. The van der Waals surface area contributed by atoms with Crippen LogP contribution in [0.25, 0.3) is 0 Å². The van der Waals surface area contributed by atoms with Crippen LogP contribution in [0, 0.1) is 3.57 Å². The van der Waals surface area contributed by atoms with Gasteiger partial charge in [0.15, 0.2) is 0 Å². The fraction of sp³-hybridized carbons (Fsp3) is 0.375. The Hall–Kier alpha value is 0.01000. The maximum atomic E-state index is 12.6. The van der Waals surface area contributed by atoms with Gasteiger partial charge in [0.05, 0.1) is 0 Å². The molecule has 0 amide bonds. The van der Waals surface area contributed by atoms with Crippen molar-refractivity contribution in [2.24, 2.45) is 0 Å². The summed E-state index contributed by atoms with van der Waals surface area (Å²) in [4.78, 5) is 3.17. The quantitative estimate of drug-likeness (QED) is 0.392. The second-order valence-corrected chi connectivity index (χ2v) is 4.50. The Labute approximate surface area is 110 Å². The van der Waals surface area contributed by atoms with Crippen LogP contribution in [0.4, 0.5) is 22.0 Å². The van der Waals surface area contributed by atoms with Gasteiger partial charge in [-0.2, -0.15) is 13.2 Å². The second-order valence-electron chi connectivity index (χ2n) is 2.78. The lowest BCUT2D eigenvalue weighted by Gasteiger charge is -2.15. The number of rotatable bonds is 2.